The number of rotatable bonds is 8. The molecule has 3 rings (SSSR count). The van der Waals surface area contributed by atoms with Crippen molar-refractivity contribution < 1.29 is 28.3 Å². The van der Waals surface area contributed by atoms with Crippen molar-refractivity contribution in [2.24, 2.45) is 0 Å². The first-order chi connectivity index (χ1) is 14.8. The van der Waals surface area contributed by atoms with Crippen molar-refractivity contribution in [1.82, 2.24) is 14.8 Å². The number of ketones is 1. The van der Waals surface area contributed by atoms with Crippen LogP contribution in [0.5, 0.6) is 0 Å². The Balaban J connectivity index is 1.64. The van der Waals surface area contributed by atoms with Crippen molar-refractivity contribution in [3.05, 3.63) is 63.4 Å². The molecule has 3 aromatic rings. The van der Waals surface area contributed by atoms with Crippen LogP contribution in [0.25, 0.3) is 11.5 Å². The number of ether oxygens (including phenoxy) is 2. The molecule has 31 heavy (non-hydrogen) atoms. The fourth-order valence-corrected chi connectivity index (χ4v) is 3.07. The molecule has 2 aromatic heterocycles. The van der Waals surface area contributed by atoms with Gasteiger partial charge in [0.1, 0.15) is 12.2 Å². The van der Waals surface area contributed by atoms with Gasteiger partial charge in [0.15, 0.2) is 6.61 Å². The number of carbonyl (C=O) groups excluding carboxylic acids is 3. The molecule has 2 heterocycles. The molecule has 0 aliphatic rings. The topological polar surface area (TPSA) is 133 Å². The third kappa shape index (κ3) is 4.80. The van der Waals surface area contributed by atoms with Crippen LogP contribution in [-0.4, -0.2) is 45.7 Å². The fraction of sp³-hybridized carbons (Fsp3) is 0.286. The van der Waals surface area contributed by atoms with Crippen LogP contribution in [0.4, 0.5) is 0 Å². The zero-order valence-electron chi connectivity index (χ0n) is 17.3. The number of nitrogens with one attached hydrogen (secondary N) is 1. The summed E-state index contributed by atoms with van der Waals surface area (Å²) in [5.74, 6) is -2.65. The lowest BCUT2D eigenvalue weighted by Crippen LogP contribution is -2.25. The van der Waals surface area contributed by atoms with Gasteiger partial charge in [0, 0.05) is 16.8 Å². The highest BCUT2D eigenvalue weighted by Crippen LogP contribution is 2.19. The molecule has 0 radical (unpaired) electrons. The van der Waals surface area contributed by atoms with Gasteiger partial charge in [-0.1, -0.05) is 18.2 Å². The van der Waals surface area contributed by atoms with Crippen molar-refractivity contribution in [1.29, 1.82) is 0 Å². The molecule has 10 nitrogen and oxygen atoms in total. The highest BCUT2D eigenvalue weighted by atomic mass is 16.5. The minimum Gasteiger partial charge on any atom is -0.461 e. The number of hydrogen-bond donors (Lipinski definition) is 1. The number of Topliss-reactive ketones (excluding diaryl/α,β-unsaturated/α-hetero) is 1. The second-order valence-corrected chi connectivity index (χ2v) is 6.63. The molecule has 0 atom stereocenters. The van der Waals surface area contributed by atoms with Crippen LogP contribution in [0.2, 0.25) is 0 Å². The Morgan fingerprint density at radius 3 is 2.52 bits per heavy atom. The molecule has 0 aliphatic carbocycles. The molecule has 0 unspecified atom stereocenters. The Labute approximate surface area is 176 Å². The third-order valence-electron chi connectivity index (χ3n) is 4.47. The summed E-state index contributed by atoms with van der Waals surface area (Å²) >= 11 is 0. The summed E-state index contributed by atoms with van der Waals surface area (Å²) in [6.45, 7) is 4.04. The standard InChI is InChI=1S/C21H21N3O7/c1-4-29-20(27)18-12(2)17(13(3)22-18)15(25)11-30-16(26)10-24-21(28)31-19(23-24)14-8-6-5-7-9-14/h5-9,22H,4,10-11H2,1-3H3. The smallest absolute Gasteiger partial charge is 0.437 e. The predicted molar refractivity (Wildman–Crippen MR) is 108 cm³/mol. The van der Waals surface area contributed by atoms with Crippen LogP contribution in [0.15, 0.2) is 39.5 Å². The van der Waals surface area contributed by atoms with Crippen molar-refractivity contribution in [3.63, 3.8) is 0 Å². The van der Waals surface area contributed by atoms with E-state index in [1.54, 1.807) is 51.1 Å². The van der Waals surface area contributed by atoms with Gasteiger partial charge in [-0.2, -0.15) is 4.68 Å². The van der Waals surface area contributed by atoms with Crippen molar-refractivity contribution in [3.8, 4) is 11.5 Å². The lowest BCUT2D eigenvalue weighted by Gasteiger charge is -2.05. The van der Waals surface area contributed by atoms with E-state index < -0.39 is 36.6 Å². The number of carbonyl (C=O) groups is 3. The Morgan fingerprint density at radius 1 is 1.13 bits per heavy atom. The molecule has 0 amide bonds. The highest BCUT2D eigenvalue weighted by Gasteiger charge is 2.24. The number of H-pyrrole nitrogens is 1. The van der Waals surface area contributed by atoms with Gasteiger partial charge in [0.05, 0.1) is 6.61 Å². The third-order valence-corrected chi connectivity index (χ3v) is 4.47. The van der Waals surface area contributed by atoms with E-state index in [0.717, 1.165) is 4.68 Å². The van der Waals surface area contributed by atoms with Gasteiger partial charge < -0.3 is 18.9 Å². The van der Waals surface area contributed by atoms with E-state index in [2.05, 4.69) is 10.1 Å². The van der Waals surface area contributed by atoms with E-state index in [0.29, 0.717) is 16.8 Å². The summed E-state index contributed by atoms with van der Waals surface area (Å²) < 4.78 is 15.8. The van der Waals surface area contributed by atoms with Gasteiger partial charge in [0.2, 0.25) is 11.7 Å². The van der Waals surface area contributed by atoms with Gasteiger partial charge in [-0.15, -0.1) is 5.10 Å². The first-order valence-corrected chi connectivity index (χ1v) is 9.50. The van der Waals surface area contributed by atoms with Crippen LogP contribution in [0.1, 0.15) is 39.0 Å². The van der Waals surface area contributed by atoms with Gasteiger partial charge >= 0.3 is 17.7 Å². The molecule has 0 saturated heterocycles. The van der Waals surface area contributed by atoms with Crippen molar-refractivity contribution in [2.75, 3.05) is 13.2 Å². The lowest BCUT2D eigenvalue weighted by molar-refractivity contribution is -0.143. The zero-order chi connectivity index (χ0) is 22.5. The monoisotopic (exact) mass is 427 g/mol. The highest BCUT2D eigenvalue weighted by molar-refractivity contribution is 6.03. The van der Waals surface area contributed by atoms with Crippen molar-refractivity contribution >= 4 is 17.7 Å². The van der Waals surface area contributed by atoms with Crippen LogP contribution in [0.3, 0.4) is 0 Å². The second kappa shape index (κ2) is 9.24. The lowest BCUT2D eigenvalue weighted by atomic mass is 10.1. The number of hydrogen-bond acceptors (Lipinski definition) is 8. The summed E-state index contributed by atoms with van der Waals surface area (Å²) in [5.41, 5.74) is 1.88. The van der Waals surface area contributed by atoms with E-state index in [1.807, 2.05) is 0 Å². The maximum Gasteiger partial charge on any atom is 0.437 e. The Bertz CT molecular complexity index is 1170. The van der Waals surface area contributed by atoms with Gasteiger partial charge in [-0.3, -0.25) is 9.59 Å². The number of esters is 2. The average Bonchev–Trinajstić information content (AvgIpc) is 3.26. The number of nitrogens with zero attached hydrogens (tertiary/aromatic N) is 2. The van der Waals surface area contributed by atoms with Gasteiger partial charge in [0.25, 0.3) is 0 Å². The van der Waals surface area contributed by atoms with Crippen LogP contribution in [-0.2, 0) is 20.8 Å². The second-order valence-electron chi connectivity index (χ2n) is 6.63. The summed E-state index contributed by atoms with van der Waals surface area (Å²) in [6, 6.07) is 8.73. The Kier molecular flexibility index (Phi) is 6.49. The average molecular weight is 427 g/mol. The number of aromatic nitrogens is 3. The van der Waals surface area contributed by atoms with Gasteiger partial charge in [-0.25, -0.2) is 9.59 Å². The van der Waals surface area contributed by atoms with E-state index in [9.17, 15) is 19.2 Å². The SMILES string of the molecule is CCOC(=O)c1[nH]c(C)c(C(=O)COC(=O)Cn2nc(-c3ccccc3)oc2=O)c1C. The van der Waals surface area contributed by atoms with Crippen molar-refractivity contribution in [2.45, 2.75) is 27.3 Å². The number of benzene rings is 1. The molecule has 1 N–H and O–H groups in total. The molecule has 1 aromatic carbocycles. The largest absolute Gasteiger partial charge is 0.461 e. The normalized spacial score (nSPS) is 10.7. The molecule has 0 aliphatic heterocycles. The number of aryl methyl sites for hydroxylation is 1. The molecule has 0 bridgehead atoms. The van der Waals surface area contributed by atoms with E-state index in [-0.39, 0.29) is 23.8 Å². The first kappa shape index (κ1) is 21.8. The maximum atomic E-state index is 12.5. The number of aromatic amines is 1. The van der Waals surface area contributed by atoms with E-state index in [1.165, 1.54) is 0 Å². The molecule has 0 saturated carbocycles. The van der Waals surface area contributed by atoms with Crippen LogP contribution < -0.4 is 5.76 Å². The van der Waals surface area contributed by atoms with E-state index in [4.69, 9.17) is 13.9 Å². The molecule has 162 valence electrons. The molecule has 10 heteroatoms. The summed E-state index contributed by atoms with van der Waals surface area (Å²) in [6.07, 6.45) is 0. The molecular formula is C21H21N3O7. The summed E-state index contributed by atoms with van der Waals surface area (Å²) in [7, 11) is 0. The molecule has 0 fully saturated rings. The van der Waals surface area contributed by atoms with Crippen LogP contribution >= 0.6 is 0 Å². The van der Waals surface area contributed by atoms with E-state index >= 15 is 0 Å². The summed E-state index contributed by atoms with van der Waals surface area (Å²) in [5, 5.41) is 3.97. The Hall–Kier alpha value is -3.95. The Morgan fingerprint density at radius 2 is 1.84 bits per heavy atom. The summed E-state index contributed by atoms with van der Waals surface area (Å²) in [4.78, 5) is 51.4. The minimum atomic E-state index is -0.834. The minimum absolute atomic E-state index is 0.0690. The molecule has 0 spiro atoms. The van der Waals surface area contributed by atoms with Gasteiger partial charge in [-0.05, 0) is 38.5 Å². The fourth-order valence-electron chi connectivity index (χ4n) is 3.07. The maximum absolute atomic E-state index is 12.5. The predicted octanol–water partition coefficient (Wildman–Crippen LogP) is 2.05. The van der Waals surface area contributed by atoms with Crippen LogP contribution in [0, 0.1) is 13.8 Å². The first-order valence-electron chi connectivity index (χ1n) is 9.50. The molecular weight excluding hydrogens is 406 g/mol. The zero-order valence-corrected chi connectivity index (χ0v) is 17.3. The quantitative estimate of drug-likeness (QED) is 0.426.